The largest absolute Gasteiger partial charge is 0.329 e. The number of piperazine rings is 1. The van der Waals surface area contributed by atoms with Crippen LogP contribution in [0.3, 0.4) is 0 Å². The van der Waals surface area contributed by atoms with Crippen molar-refractivity contribution >= 4 is 11.3 Å². The third kappa shape index (κ3) is 5.10. The fourth-order valence-electron chi connectivity index (χ4n) is 4.04. The summed E-state index contributed by atoms with van der Waals surface area (Å²) in [5.74, 6) is 1.14. The first kappa shape index (κ1) is 20.1. The summed E-state index contributed by atoms with van der Waals surface area (Å²) >= 11 is 1.74. The fraction of sp³-hybridized carbons (Fsp3) is 0.280. The summed E-state index contributed by atoms with van der Waals surface area (Å²) in [6, 6.07) is 21.0. The standard InChI is InChI=1S/C25H27N5S/c1-3-7-21(8-4-1)17-30-12-11-26-24(30)19-29-15-13-28(14-16-29)18-23-20-31-25(27-23)22-9-5-2-6-10-22/h1-12,20H,13-19H2. The zero-order valence-electron chi connectivity index (χ0n) is 17.6. The Labute approximate surface area is 187 Å². The maximum atomic E-state index is 4.86. The van der Waals surface area contributed by atoms with Gasteiger partial charge in [-0.2, -0.15) is 0 Å². The first-order chi connectivity index (χ1) is 15.3. The number of hydrogen-bond donors (Lipinski definition) is 0. The average Bonchev–Trinajstić information content (AvgIpc) is 3.46. The molecule has 1 aliphatic rings. The van der Waals surface area contributed by atoms with E-state index in [2.05, 4.69) is 85.5 Å². The molecule has 6 heteroatoms. The number of rotatable bonds is 7. The summed E-state index contributed by atoms with van der Waals surface area (Å²) < 4.78 is 2.27. The molecule has 0 radical (unpaired) electrons. The summed E-state index contributed by atoms with van der Waals surface area (Å²) in [5.41, 5.74) is 3.69. The lowest BCUT2D eigenvalue weighted by molar-refractivity contribution is 0.118. The molecule has 0 unspecified atom stereocenters. The van der Waals surface area contributed by atoms with E-state index in [4.69, 9.17) is 4.98 Å². The average molecular weight is 430 g/mol. The molecule has 1 aliphatic heterocycles. The van der Waals surface area contributed by atoms with E-state index in [9.17, 15) is 0 Å². The van der Waals surface area contributed by atoms with E-state index in [0.717, 1.165) is 56.6 Å². The molecule has 158 valence electrons. The van der Waals surface area contributed by atoms with E-state index < -0.39 is 0 Å². The topological polar surface area (TPSA) is 37.2 Å². The van der Waals surface area contributed by atoms with Crippen molar-refractivity contribution in [3.63, 3.8) is 0 Å². The van der Waals surface area contributed by atoms with Crippen molar-refractivity contribution in [2.24, 2.45) is 0 Å². The Morgan fingerprint density at radius 2 is 1.45 bits per heavy atom. The Morgan fingerprint density at radius 1 is 0.774 bits per heavy atom. The highest BCUT2D eigenvalue weighted by Crippen LogP contribution is 2.24. The molecule has 0 saturated carbocycles. The van der Waals surface area contributed by atoms with Gasteiger partial charge >= 0.3 is 0 Å². The summed E-state index contributed by atoms with van der Waals surface area (Å²) in [5, 5.41) is 3.31. The van der Waals surface area contributed by atoms with Crippen LogP contribution < -0.4 is 0 Å². The van der Waals surface area contributed by atoms with Crippen LogP contribution in [0.5, 0.6) is 0 Å². The molecule has 2 aromatic carbocycles. The third-order valence-corrected chi connectivity index (χ3v) is 6.73. The van der Waals surface area contributed by atoms with Gasteiger partial charge in [0.25, 0.3) is 0 Å². The van der Waals surface area contributed by atoms with E-state index in [1.807, 2.05) is 12.3 Å². The van der Waals surface area contributed by atoms with Crippen LogP contribution in [-0.4, -0.2) is 50.5 Å². The molecule has 1 fully saturated rings. The molecule has 2 aromatic heterocycles. The summed E-state index contributed by atoms with van der Waals surface area (Å²) in [6.07, 6.45) is 4.01. The number of benzene rings is 2. The van der Waals surface area contributed by atoms with Crippen LogP contribution in [0.15, 0.2) is 78.4 Å². The highest BCUT2D eigenvalue weighted by Gasteiger charge is 2.19. The molecule has 5 rings (SSSR count). The van der Waals surface area contributed by atoms with Crippen molar-refractivity contribution in [1.29, 1.82) is 0 Å². The molecule has 0 amide bonds. The zero-order valence-corrected chi connectivity index (χ0v) is 18.4. The Bertz CT molecular complexity index is 1080. The van der Waals surface area contributed by atoms with Gasteiger partial charge in [0.1, 0.15) is 10.8 Å². The first-order valence-electron chi connectivity index (χ1n) is 10.8. The SMILES string of the molecule is c1ccc(Cn2ccnc2CN2CCN(Cc3csc(-c4ccccc4)n3)CC2)cc1. The van der Waals surface area contributed by atoms with Gasteiger partial charge in [-0.05, 0) is 5.56 Å². The molecule has 4 aromatic rings. The van der Waals surface area contributed by atoms with Gasteiger partial charge < -0.3 is 4.57 Å². The first-order valence-corrected chi connectivity index (χ1v) is 11.7. The van der Waals surface area contributed by atoms with Gasteiger partial charge in [-0.25, -0.2) is 9.97 Å². The minimum atomic E-state index is 0.879. The lowest BCUT2D eigenvalue weighted by Gasteiger charge is -2.34. The minimum absolute atomic E-state index is 0.879. The van der Waals surface area contributed by atoms with Crippen LogP contribution in [0.1, 0.15) is 17.1 Å². The van der Waals surface area contributed by atoms with Crippen molar-refractivity contribution in [3.8, 4) is 10.6 Å². The van der Waals surface area contributed by atoms with Crippen molar-refractivity contribution in [3.05, 3.63) is 95.5 Å². The maximum absolute atomic E-state index is 4.86. The van der Waals surface area contributed by atoms with Crippen molar-refractivity contribution in [2.75, 3.05) is 26.2 Å². The molecule has 0 aliphatic carbocycles. The van der Waals surface area contributed by atoms with E-state index >= 15 is 0 Å². The molecular weight excluding hydrogens is 402 g/mol. The fourth-order valence-corrected chi connectivity index (χ4v) is 4.86. The lowest BCUT2D eigenvalue weighted by atomic mass is 10.2. The van der Waals surface area contributed by atoms with Crippen LogP contribution in [0.4, 0.5) is 0 Å². The second-order valence-corrected chi connectivity index (χ2v) is 8.88. The molecular formula is C25H27N5S. The summed E-state index contributed by atoms with van der Waals surface area (Å²) in [6.45, 7) is 6.98. The third-order valence-electron chi connectivity index (χ3n) is 5.79. The summed E-state index contributed by atoms with van der Waals surface area (Å²) in [7, 11) is 0. The van der Waals surface area contributed by atoms with Crippen molar-refractivity contribution < 1.29 is 0 Å². The predicted octanol–water partition coefficient (Wildman–Crippen LogP) is 4.37. The Hall–Kier alpha value is -2.80. The van der Waals surface area contributed by atoms with E-state index in [-0.39, 0.29) is 0 Å². The molecule has 5 nitrogen and oxygen atoms in total. The maximum Gasteiger partial charge on any atom is 0.123 e. The molecule has 1 saturated heterocycles. The van der Waals surface area contributed by atoms with Gasteiger partial charge in [-0.15, -0.1) is 11.3 Å². The monoisotopic (exact) mass is 429 g/mol. The highest BCUT2D eigenvalue weighted by molar-refractivity contribution is 7.13. The molecule has 0 atom stereocenters. The van der Waals surface area contributed by atoms with Crippen LogP contribution >= 0.6 is 11.3 Å². The quantitative estimate of drug-likeness (QED) is 0.437. The number of aromatic nitrogens is 3. The van der Waals surface area contributed by atoms with Gasteiger partial charge in [-0.1, -0.05) is 60.7 Å². The number of nitrogens with zero attached hydrogens (tertiary/aromatic N) is 5. The zero-order chi connectivity index (χ0) is 20.9. The van der Waals surface area contributed by atoms with Gasteiger partial charge in [0.15, 0.2) is 0 Å². The Kier molecular flexibility index (Phi) is 6.20. The van der Waals surface area contributed by atoms with Gasteiger partial charge in [0.2, 0.25) is 0 Å². The van der Waals surface area contributed by atoms with Crippen LogP contribution in [0, 0.1) is 0 Å². The number of hydrogen-bond acceptors (Lipinski definition) is 5. The minimum Gasteiger partial charge on any atom is -0.329 e. The molecule has 0 spiro atoms. The van der Waals surface area contributed by atoms with Crippen LogP contribution in [-0.2, 0) is 19.6 Å². The second-order valence-electron chi connectivity index (χ2n) is 8.02. The highest BCUT2D eigenvalue weighted by atomic mass is 32.1. The molecule has 0 N–H and O–H groups in total. The van der Waals surface area contributed by atoms with E-state index in [1.54, 1.807) is 11.3 Å². The predicted molar refractivity (Wildman–Crippen MR) is 126 cm³/mol. The van der Waals surface area contributed by atoms with Gasteiger partial charge in [0.05, 0.1) is 12.2 Å². The second kappa shape index (κ2) is 9.56. The van der Waals surface area contributed by atoms with Gasteiger partial charge in [-0.3, -0.25) is 9.80 Å². The molecule has 0 bridgehead atoms. The summed E-state index contributed by atoms with van der Waals surface area (Å²) in [4.78, 5) is 14.5. The smallest absolute Gasteiger partial charge is 0.123 e. The normalized spacial score (nSPS) is 15.4. The lowest BCUT2D eigenvalue weighted by Crippen LogP contribution is -2.45. The number of imidazole rings is 1. The Balaban J connectivity index is 1.13. The van der Waals surface area contributed by atoms with Crippen molar-refractivity contribution in [1.82, 2.24) is 24.3 Å². The molecule has 3 heterocycles. The number of thiazole rings is 1. The van der Waals surface area contributed by atoms with E-state index in [0.29, 0.717) is 0 Å². The van der Waals surface area contributed by atoms with Gasteiger partial charge in [0, 0.05) is 62.6 Å². The van der Waals surface area contributed by atoms with Crippen molar-refractivity contribution in [2.45, 2.75) is 19.6 Å². The van der Waals surface area contributed by atoms with Crippen LogP contribution in [0.25, 0.3) is 10.6 Å². The molecule has 31 heavy (non-hydrogen) atoms. The van der Waals surface area contributed by atoms with E-state index in [1.165, 1.54) is 16.8 Å². The van der Waals surface area contributed by atoms with Crippen LogP contribution in [0.2, 0.25) is 0 Å². The Morgan fingerprint density at radius 3 is 2.19 bits per heavy atom.